The molecule has 0 amide bonds. The lowest BCUT2D eigenvalue weighted by atomic mass is 9.75. The van der Waals surface area contributed by atoms with Crippen molar-refractivity contribution < 1.29 is 4.79 Å². The quantitative estimate of drug-likeness (QED) is 0.762. The van der Waals surface area contributed by atoms with Gasteiger partial charge in [0, 0.05) is 23.5 Å². The van der Waals surface area contributed by atoms with Crippen molar-refractivity contribution in [3.8, 4) is 0 Å². The minimum atomic E-state index is -0.131. The number of benzene rings is 1. The van der Waals surface area contributed by atoms with Crippen molar-refractivity contribution in [2.24, 2.45) is 5.41 Å². The maximum Gasteiger partial charge on any atom is 0.127 e. The third-order valence-corrected chi connectivity index (χ3v) is 4.45. The number of rotatable bonds is 5. The highest BCUT2D eigenvalue weighted by Crippen LogP contribution is 2.35. The molecular formula is C16H22ClNO. The Kier molecular flexibility index (Phi) is 5.00. The molecule has 2 nitrogen and oxygen atoms in total. The molecule has 0 unspecified atom stereocenters. The molecule has 1 aliphatic carbocycles. The molecule has 0 saturated heterocycles. The topological polar surface area (TPSA) is 20.3 Å². The van der Waals surface area contributed by atoms with Gasteiger partial charge in [0.1, 0.15) is 6.29 Å². The summed E-state index contributed by atoms with van der Waals surface area (Å²) in [6.45, 7) is 1.64. The van der Waals surface area contributed by atoms with Crippen molar-refractivity contribution in [2.45, 2.75) is 38.6 Å². The van der Waals surface area contributed by atoms with Crippen LogP contribution in [0.3, 0.4) is 0 Å². The zero-order valence-corrected chi connectivity index (χ0v) is 12.3. The van der Waals surface area contributed by atoms with Gasteiger partial charge in [0.15, 0.2) is 0 Å². The van der Waals surface area contributed by atoms with E-state index in [0.717, 1.165) is 36.5 Å². The van der Waals surface area contributed by atoms with E-state index < -0.39 is 0 Å². The third kappa shape index (κ3) is 3.80. The van der Waals surface area contributed by atoms with Crippen molar-refractivity contribution in [2.75, 3.05) is 13.6 Å². The van der Waals surface area contributed by atoms with Crippen molar-refractivity contribution in [1.82, 2.24) is 4.90 Å². The summed E-state index contributed by atoms with van der Waals surface area (Å²) >= 11 is 6.18. The second-order valence-corrected chi connectivity index (χ2v) is 6.21. The molecule has 0 atom stereocenters. The molecule has 1 aliphatic rings. The van der Waals surface area contributed by atoms with Crippen molar-refractivity contribution >= 4 is 17.9 Å². The Hall–Kier alpha value is -0.860. The summed E-state index contributed by atoms with van der Waals surface area (Å²) in [7, 11) is 2.07. The summed E-state index contributed by atoms with van der Waals surface area (Å²) in [5.41, 5.74) is 0.998. The highest BCUT2D eigenvalue weighted by atomic mass is 35.5. The molecule has 0 aromatic heterocycles. The van der Waals surface area contributed by atoms with Crippen LogP contribution in [0.15, 0.2) is 24.3 Å². The van der Waals surface area contributed by atoms with Gasteiger partial charge in [-0.15, -0.1) is 0 Å². The third-order valence-electron chi connectivity index (χ3n) is 4.08. The van der Waals surface area contributed by atoms with E-state index in [1.54, 1.807) is 0 Å². The lowest BCUT2D eigenvalue weighted by Crippen LogP contribution is -2.38. The van der Waals surface area contributed by atoms with E-state index >= 15 is 0 Å². The number of hydrogen-bond acceptors (Lipinski definition) is 2. The molecule has 0 radical (unpaired) electrons. The summed E-state index contributed by atoms with van der Waals surface area (Å²) < 4.78 is 0. The molecule has 0 spiro atoms. The molecule has 0 heterocycles. The van der Waals surface area contributed by atoms with Gasteiger partial charge in [0.05, 0.1) is 0 Å². The van der Waals surface area contributed by atoms with Crippen LogP contribution in [0.4, 0.5) is 0 Å². The van der Waals surface area contributed by atoms with Gasteiger partial charge in [-0.25, -0.2) is 0 Å². The first kappa shape index (κ1) is 14.5. The summed E-state index contributed by atoms with van der Waals surface area (Å²) in [5, 5.41) is 0.804. The van der Waals surface area contributed by atoms with E-state index in [1.165, 1.54) is 25.5 Å². The van der Waals surface area contributed by atoms with Gasteiger partial charge in [-0.05, 0) is 31.5 Å². The van der Waals surface area contributed by atoms with Gasteiger partial charge in [0.2, 0.25) is 0 Å². The summed E-state index contributed by atoms with van der Waals surface area (Å²) in [4.78, 5) is 13.7. The largest absolute Gasteiger partial charge is 0.303 e. The van der Waals surface area contributed by atoms with Gasteiger partial charge in [-0.2, -0.15) is 0 Å². The lowest BCUT2D eigenvalue weighted by molar-refractivity contribution is -0.119. The molecule has 0 aliphatic heterocycles. The smallest absolute Gasteiger partial charge is 0.127 e. The predicted molar refractivity (Wildman–Crippen MR) is 79.4 cm³/mol. The Morgan fingerprint density at radius 2 is 1.95 bits per heavy atom. The van der Waals surface area contributed by atoms with Crippen LogP contribution in [0.2, 0.25) is 5.02 Å². The molecular weight excluding hydrogens is 258 g/mol. The van der Waals surface area contributed by atoms with Crippen molar-refractivity contribution in [3.63, 3.8) is 0 Å². The van der Waals surface area contributed by atoms with E-state index in [2.05, 4.69) is 11.9 Å². The monoisotopic (exact) mass is 279 g/mol. The van der Waals surface area contributed by atoms with Crippen LogP contribution in [0.5, 0.6) is 0 Å². The SMILES string of the molecule is CN(Cc1ccccc1Cl)CC1(C=O)CCCCC1. The lowest BCUT2D eigenvalue weighted by Gasteiger charge is -2.35. The van der Waals surface area contributed by atoms with E-state index in [0.29, 0.717) is 0 Å². The predicted octanol–water partition coefficient (Wildman–Crippen LogP) is 3.92. The number of carbonyl (C=O) groups is 1. The van der Waals surface area contributed by atoms with E-state index in [4.69, 9.17) is 11.6 Å². The van der Waals surface area contributed by atoms with Crippen LogP contribution in [0.25, 0.3) is 0 Å². The van der Waals surface area contributed by atoms with Gasteiger partial charge < -0.3 is 9.69 Å². The standard InChI is InChI=1S/C16H22ClNO/c1-18(11-14-7-3-4-8-15(14)17)12-16(13-19)9-5-2-6-10-16/h3-4,7-8,13H,2,5-6,9-12H2,1H3. The van der Waals surface area contributed by atoms with Crippen LogP contribution < -0.4 is 0 Å². The minimum absolute atomic E-state index is 0.131. The van der Waals surface area contributed by atoms with Gasteiger partial charge >= 0.3 is 0 Å². The first-order valence-corrected chi connectivity index (χ1v) is 7.41. The molecule has 1 aromatic carbocycles. The van der Waals surface area contributed by atoms with Crippen LogP contribution in [0, 0.1) is 5.41 Å². The molecule has 0 bridgehead atoms. The second kappa shape index (κ2) is 6.53. The molecule has 1 saturated carbocycles. The average Bonchev–Trinajstić information content (AvgIpc) is 2.42. The fourth-order valence-electron chi connectivity index (χ4n) is 3.08. The highest BCUT2D eigenvalue weighted by Gasteiger charge is 2.32. The first-order valence-electron chi connectivity index (χ1n) is 7.03. The van der Waals surface area contributed by atoms with Gasteiger partial charge in [-0.3, -0.25) is 0 Å². The minimum Gasteiger partial charge on any atom is -0.303 e. The summed E-state index contributed by atoms with van der Waals surface area (Å²) in [6, 6.07) is 7.92. The maximum absolute atomic E-state index is 11.5. The van der Waals surface area contributed by atoms with E-state index in [1.807, 2.05) is 24.3 Å². The average molecular weight is 280 g/mol. The molecule has 1 fully saturated rings. The van der Waals surface area contributed by atoms with E-state index in [-0.39, 0.29) is 5.41 Å². The Labute approximate surface area is 120 Å². The molecule has 0 N–H and O–H groups in total. The van der Waals surface area contributed by atoms with Gasteiger partial charge in [-0.1, -0.05) is 49.1 Å². The zero-order valence-electron chi connectivity index (χ0n) is 11.6. The van der Waals surface area contributed by atoms with Crippen molar-refractivity contribution in [3.05, 3.63) is 34.9 Å². The molecule has 2 rings (SSSR count). The normalized spacial score (nSPS) is 18.5. The van der Waals surface area contributed by atoms with Crippen LogP contribution in [0.1, 0.15) is 37.7 Å². The van der Waals surface area contributed by atoms with E-state index in [9.17, 15) is 4.79 Å². The highest BCUT2D eigenvalue weighted by molar-refractivity contribution is 6.31. The molecule has 3 heteroatoms. The van der Waals surface area contributed by atoms with Crippen LogP contribution in [-0.2, 0) is 11.3 Å². The Morgan fingerprint density at radius 1 is 1.26 bits per heavy atom. The van der Waals surface area contributed by atoms with Gasteiger partial charge in [0.25, 0.3) is 0 Å². The van der Waals surface area contributed by atoms with Crippen molar-refractivity contribution in [1.29, 1.82) is 0 Å². The summed E-state index contributed by atoms with van der Waals surface area (Å²) in [6.07, 6.45) is 6.88. The number of halogens is 1. The molecule has 19 heavy (non-hydrogen) atoms. The second-order valence-electron chi connectivity index (χ2n) is 5.80. The maximum atomic E-state index is 11.5. The number of aldehydes is 1. The van der Waals surface area contributed by atoms with Crippen LogP contribution in [-0.4, -0.2) is 24.8 Å². The summed E-state index contributed by atoms with van der Waals surface area (Å²) in [5.74, 6) is 0. The number of nitrogens with zero attached hydrogens (tertiary/aromatic N) is 1. The molecule has 1 aromatic rings. The fourth-order valence-corrected chi connectivity index (χ4v) is 3.28. The Balaban J connectivity index is 1.98. The number of hydrogen-bond donors (Lipinski definition) is 0. The number of carbonyl (C=O) groups excluding carboxylic acids is 1. The fraction of sp³-hybridized carbons (Fsp3) is 0.562. The Bertz CT molecular complexity index is 427. The van der Waals surface area contributed by atoms with Crippen LogP contribution >= 0.6 is 11.6 Å². The first-order chi connectivity index (χ1) is 9.15. The molecule has 104 valence electrons. The zero-order chi connectivity index (χ0) is 13.7. The Morgan fingerprint density at radius 3 is 2.58 bits per heavy atom.